The number of nitrogens with one attached hydrogen (secondary N) is 2. The van der Waals surface area contributed by atoms with E-state index in [0.717, 1.165) is 22.6 Å². The van der Waals surface area contributed by atoms with E-state index in [9.17, 15) is 8.42 Å². The number of nitrogens with zero attached hydrogens (tertiary/aromatic N) is 2. The Bertz CT molecular complexity index is 642. The van der Waals surface area contributed by atoms with Gasteiger partial charge in [0.15, 0.2) is 10.0 Å². The van der Waals surface area contributed by atoms with E-state index in [-0.39, 0.29) is 4.21 Å². The van der Waals surface area contributed by atoms with E-state index in [4.69, 9.17) is 0 Å². The average Bonchev–Trinajstić information content (AvgIpc) is 2.80. The smallest absolute Gasteiger partial charge is 0.274 e. The van der Waals surface area contributed by atoms with Gasteiger partial charge in [-0.1, -0.05) is 0 Å². The Hall–Kier alpha value is -1.41. The van der Waals surface area contributed by atoms with Crippen LogP contribution >= 0.6 is 11.3 Å². The van der Waals surface area contributed by atoms with E-state index >= 15 is 0 Å². The molecular weight excluding hydrogens is 260 g/mol. The van der Waals surface area contributed by atoms with Crippen molar-refractivity contribution < 1.29 is 8.42 Å². The molecule has 0 bridgehead atoms. The Balaban J connectivity index is 2.33. The third kappa shape index (κ3) is 2.32. The van der Waals surface area contributed by atoms with E-state index < -0.39 is 10.0 Å². The fourth-order valence-corrected chi connectivity index (χ4v) is 3.40. The lowest BCUT2D eigenvalue weighted by molar-refractivity contribution is 0.602. The first-order chi connectivity index (χ1) is 7.90. The van der Waals surface area contributed by atoms with Crippen LogP contribution in [-0.2, 0) is 10.0 Å². The highest BCUT2D eigenvalue weighted by atomic mass is 32.2. The summed E-state index contributed by atoms with van der Waals surface area (Å²) in [7, 11) is -3.58. The van der Waals surface area contributed by atoms with E-state index in [0.29, 0.717) is 10.8 Å². The van der Waals surface area contributed by atoms with Crippen LogP contribution in [0.25, 0.3) is 0 Å². The van der Waals surface area contributed by atoms with E-state index in [2.05, 4.69) is 19.9 Å². The van der Waals surface area contributed by atoms with Crippen LogP contribution in [0.2, 0.25) is 0 Å². The highest BCUT2D eigenvalue weighted by Crippen LogP contribution is 2.22. The topological polar surface area (TPSA) is 87.7 Å². The Morgan fingerprint density at radius 2 is 2.06 bits per heavy atom. The number of aromatic nitrogens is 3. The molecule has 0 aromatic carbocycles. The predicted octanol–water partition coefficient (Wildman–Crippen LogP) is 1.59. The van der Waals surface area contributed by atoms with Crippen LogP contribution in [0, 0.1) is 20.8 Å². The van der Waals surface area contributed by atoms with Gasteiger partial charge in [-0.05, 0) is 20.8 Å². The fraction of sp³-hybridized carbons (Fsp3) is 0.333. The van der Waals surface area contributed by atoms with Gasteiger partial charge in [0.05, 0.1) is 11.2 Å². The maximum Gasteiger partial charge on any atom is 0.274 e. The number of sulfonamides is 1. The van der Waals surface area contributed by atoms with E-state index in [1.165, 1.54) is 6.20 Å². The molecule has 2 aromatic rings. The lowest BCUT2D eigenvalue weighted by Crippen LogP contribution is -2.12. The number of hydrogen-bond donors (Lipinski definition) is 2. The van der Waals surface area contributed by atoms with Crippen LogP contribution in [0.1, 0.15) is 16.3 Å². The van der Waals surface area contributed by atoms with Gasteiger partial charge in [-0.15, -0.1) is 11.3 Å². The summed E-state index contributed by atoms with van der Waals surface area (Å²) >= 11 is 1.13. The molecule has 17 heavy (non-hydrogen) atoms. The zero-order valence-electron chi connectivity index (χ0n) is 9.60. The summed E-state index contributed by atoms with van der Waals surface area (Å²) in [4.78, 5) is 3.92. The number of anilines is 1. The molecular formula is C9H12N4O2S2. The van der Waals surface area contributed by atoms with Gasteiger partial charge in [-0.3, -0.25) is 9.82 Å². The summed E-state index contributed by atoms with van der Waals surface area (Å²) < 4.78 is 26.6. The maximum absolute atomic E-state index is 12.0. The van der Waals surface area contributed by atoms with Crippen LogP contribution in [-0.4, -0.2) is 23.6 Å². The molecule has 0 saturated heterocycles. The minimum atomic E-state index is -3.58. The zero-order valence-corrected chi connectivity index (χ0v) is 11.2. The highest BCUT2D eigenvalue weighted by Gasteiger charge is 2.19. The van der Waals surface area contributed by atoms with E-state index in [1.807, 2.05) is 6.92 Å². The van der Waals surface area contributed by atoms with Crippen molar-refractivity contribution >= 4 is 27.2 Å². The largest absolute Gasteiger partial charge is 0.280 e. The third-order valence-electron chi connectivity index (χ3n) is 2.35. The second kappa shape index (κ2) is 4.11. The van der Waals surface area contributed by atoms with Gasteiger partial charge in [-0.2, -0.15) is 5.10 Å². The van der Waals surface area contributed by atoms with Gasteiger partial charge in [0, 0.05) is 11.3 Å². The second-order valence-electron chi connectivity index (χ2n) is 3.63. The molecule has 0 fully saturated rings. The Morgan fingerprint density at radius 3 is 2.53 bits per heavy atom. The predicted molar refractivity (Wildman–Crippen MR) is 65.7 cm³/mol. The summed E-state index contributed by atoms with van der Waals surface area (Å²) in [6.45, 7) is 5.39. The molecule has 92 valence electrons. The van der Waals surface area contributed by atoms with Crippen LogP contribution in [0.4, 0.5) is 5.82 Å². The van der Waals surface area contributed by atoms with Crippen molar-refractivity contribution in [2.45, 2.75) is 25.0 Å². The Labute approximate surface area is 103 Å². The van der Waals surface area contributed by atoms with Gasteiger partial charge in [-0.25, -0.2) is 13.4 Å². The zero-order chi connectivity index (χ0) is 12.6. The van der Waals surface area contributed by atoms with Gasteiger partial charge < -0.3 is 0 Å². The van der Waals surface area contributed by atoms with E-state index in [1.54, 1.807) is 13.8 Å². The molecule has 0 aliphatic carbocycles. The molecule has 2 rings (SSSR count). The molecule has 2 heterocycles. The lowest BCUT2D eigenvalue weighted by atomic mass is 10.3. The number of thiazole rings is 1. The minimum Gasteiger partial charge on any atom is -0.280 e. The summed E-state index contributed by atoms with van der Waals surface area (Å²) in [5.41, 5.74) is 1.62. The van der Waals surface area contributed by atoms with Crippen LogP contribution in [0.3, 0.4) is 0 Å². The number of hydrogen-bond acceptors (Lipinski definition) is 5. The SMILES string of the molecule is Cc1ncc(S(=O)(=O)Nc2n[nH]c(C)c2C)s1. The normalized spacial score (nSPS) is 11.7. The minimum absolute atomic E-state index is 0.190. The van der Waals surface area contributed by atoms with Crippen LogP contribution < -0.4 is 4.72 Å². The Kier molecular flexibility index (Phi) is 2.92. The number of aromatic amines is 1. The first-order valence-electron chi connectivity index (χ1n) is 4.87. The summed E-state index contributed by atoms with van der Waals surface area (Å²) in [6, 6.07) is 0. The lowest BCUT2D eigenvalue weighted by Gasteiger charge is -2.03. The van der Waals surface area contributed by atoms with Crippen molar-refractivity contribution in [3.05, 3.63) is 22.5 Å². The van der Waals surface area contributed by atoms with Gasteiger partial charge in [0.1, 0.15) is 0 Å². The van der Waals surface area contributed by atoms with Crippen molar-refractivity contribution in [1.82, 2.24) is 15.2 Å². The number of H-pyrrole nitrogens is 1. The van der Waals surface area contributed by atoms with Crippen LogP contribution in [0.5, 0.6) is 0 Å². The van der Waals surface area contributed by atoms with Crippen molar-refractivity contribution in [2.75, 3.05) is 4.72 Å². The second-order valence-corrected chi connectivity index (χ2v) is 6.77. The van der Waals surface area contributed by atoms with Crippen molar-refractivity contribution in [3.8, 4) is 0 Å². The van der Waals surface area contributed by atoms with Crippen molar-refractivity contribution in [3.63, 3.8) is 0 Å². The molecule has 0 atom stereocenters. The highest BCUT2D eigenvalue weighted by molar-refractivity contribution is 7.94. The fourth-order valence-electron chi connectivity index (χ4n) is 1.23. The first kappa shape index (κ1) is 12.1. The molecule has 2 aromatic heterocycles. The molecule has 8 heteroatoms. The number of rotatable bonds is 3. The molecule has 0 spiro atoms. The summed E-state index contributed by atoms with van der Waals surface area (Å²) in [5.74, 6) is 0.327. The Morgan fingerprint density at radius 1 is 1.35 bits per heavy atom. The summed E-state index contributed by atoms with van der Waals surface area (Å²) in [5, 5.41) is 7.34. The van der Waals surface area contributed by atoms with Crippen molar-refractivity contribution in [2.24, 2.45) is 0 Å². The number of aryl methyl sites for hydroxylation is 2. The molecule has 0 saturated carbocycles. The first-order valence-corrected chi connectivity index (χ1v) is 7.17. The van der Waals surface area contributed by atoms with Gasteiger partial charge >= 0.3 is 0 Å². The standard InChI is InChI=1S/C9H12N4O2S2/c1-5-6(2)11-12-9(5)13-17(14,15)8-4-10-7(3)16-8/h4H,1-3H3,(H2,11,12,13). The molecule has 0 aliphatic rings. The van der Waals surface area contributed by atoms with Gasteiger partial charge in [0.2, 0.25) is 0 Å². The summed E-state index contributed by atoms with van der Waals surface area (Å²) in [6.07, 6.45) is 1.34. The monoisotopic (exact) mass is 272 g/mol. The molecule has 6 nitrogen and oxygen atoms in total. The van der Waals surface area contributed by atoms with Gasteiger partial charge in [0.25, 0.3) is 10.0 Å². The molecule has 2 N–H and O–H groups in total. The molecule has 0 radical (unpaired) electrons. The molecule has 0 aliphatic heterocycles. The van der Waals surface area contributed by atoms with Crippen LogP contribution in [0.15, 0.2) is 10.4 Å². The average molecular weight is 272 g/mol. The molecule has 0 amide bonds. The maximum atomic E-state index is 12.0. The third-order valence-corrected chi connectivity index (χ3v) is 5.06. The van der Waals surface area contributed by atoms with Crippen molar-refractivity contribution in [1.29, 1.82) is 0 Å². The quantitative estimate of drug-likeness (QED) is 0.888. The molecule has 0 unspecified atom stereocenters.